The molecule has 5 aromatic rings. The summed E-state index contributed by atoms with van der Waals surface area (Å²) in [5.41, 5.74) is 4.30. The Morgan fingerprint density at radius 3 is 2.45 bits per heavy atom. The van der Waals surface area contributed by atoms with Gasteiger partial charge >= 0.3 is 0 Å². The van der Waals surface area contributed by atoms with Gasteiger partial charge in [-0.15, -0.1) is 0 Å². The highest BCUT2D eigenvalue weighted by Gasteiger charge is 2.37. The molecule has 4 aromatic carbocycles. The predicted octanol–water partition coefficient (Wildman–Crippen LogP) is 10.4. The lowest BCUT2D eigenvalue weighted by Gasteiger charge is -2.39. The van der Waals surface area contributed by atoms with Crippen molar-refractivity contribution in [3.8, 4) is 23.3 Å². The Bertz CT molecular complexity index is 2650. The van der Waals surface area contributed by atoms with E-state index < -0.39 is 21.6 Å². The van der Waals surface area contributed by atoms with E-state index in [-0.39, 0.29) is 57.8 Å². The molecule has 0 spiro atoms. The van der Waals surface area contributed by atoms with Crippen LogP contribution in [0.3, 0.4) is 0 Å². The lowest BCUT2D eigenvalue weighted by Crippen LogP contribution is -2.47. The molecule has 2 N–H and O–H groups in total. The van der Waals surface area contributed by atoms with Crippen LogP contribution in [0.1, 0.15) is 74.7 Å². The number of nitrogens with zero attached hydrogens (tertiary/aromatic N) is 4. The van der Waals surface area contributed by atoms with E-state index in [1.54, 1.807) is 36.5 Å². The number of H-pyrrole nitrogens is 1. The largest absolute Gasteiger partial charge is 0.489 e. The van der Waals surface area contributed by atoms with Gasteiger partial charge < -0.3 is 14.4 Å². The topological polar surface area (TPSA) is 141 Å². The number of nitrogens with one attached hydrogen (secondary N) is 2. The standard InChI is InChI=1S/C47H49Cl2FN6O5S/c1-46(2)17-16-33(38(26-46)32-6-8-34(48)9-7-32)29-55-20-22-56(23-21-55)35-10-12-37(44(24-35)61-42-5-3-4-41-39(42)28-52-53-41)45(57)54-62(58,59)36-11-13-43(40(49)25-36)60-30-47(50)18-14-31(27-51)15-19-47/h3-13,24-25,28,31H,14-23,26,29-30H2,1-2H3,(H,52,53)(H,54,57). The van der Waals surface area contributed by atoms with E-state index in [9.17, 15) is 13.2 Å². The number of benzene rings is 4. The lowest BCUT2D eigenvalue weighted by atomic mass is 9.72. The van der Waals surface area contributed by atoms with Gasteiger partial charge in [0.15, 0.2) is 0 Å². The number of anilines is 1. The Labute approximate surface area is 371 Å². The SMILES string of the molecule is CC1(C)CCC(CN2CCN(c3ccc(C(=O)NS(=O)(=O)c4ccc(OCC5(F)CCC(C#N)CC5)c(Cl)c4)c(Oc4cccc5[nH]ncc45)c3)CC2)=C(c2ccc(Cl)cc2)C1. The van der Waals surface area contributed by atoms with E-state index >= 15 is 4.39 Å². The molecular formula is C47H49Cl2FN6O5S. The van der Waals surface area contributed by atoms with Gasteiger partial charge in [0.1, 0.15) is 29.5 Å². The molecule has 2 aliphatic carbocycles. The van der Waals surface area contributed by atoms with E-state index in [4.69, 9.17) is 37.9 Å². The number of amides is 1. The zero-order valence-corrected chi connectivity index (χ0v) is 37.1. The molecule has 11 nitrogen and oxygen atoms in total. The zero-order chi connectivity index (χ0) is 43.6. The monoisotopic (exact) mass is 898 g/mol. The molecule has 2 heterocycles. The maximum Gasteiger partial charge on any atom is 0.268 e. The van der Waals surface area contributed by atoms with Gasteiger partial charge in [0.05, 0.1) is 38.7 Å². The summed E-state index contributed by atoms with van der Waals surface area (Å²) in [6.45, 7) is 8.41. The minimum absolute atomic E-state index is 0.00348. The van der Waals surface area contributed by atoms with Crippen LogP contribution in [0.2, 0.25) is 10.0 Å². The van der Waals surface area contributed by atoms with Crippen LogP contribution in [0.25, 0.3) is 16.5 Å². The maximum atomic E-state index is 15.4. The number of fused-ring (bicyclic) bond motifs is 1. The summed E-state index contributed by atoms with van der Waals surface area (Å²) < 4.78 is 57.0. The first kappa shape index (κ1) is 43.5. The summed E-state index contributed by atoms with van der Waals surface area (Å²) >= 11 is 12.7. The quantitative estimate of drug-likeness (QED) is 0.125. The first-order valence-electron chi connectivity index (χ1n) is 20.9. The van der Waals surface area contributed by atoms with E-state index in [2.05, 4.69) is 56.8 Å². The fourth-order valence-corrected chi connectivity index (χ4v) is 10.1. The van der Waals surface area contributed by atoms with Crippen molar-refractivity contribution in [2.24, 2.45) is 11.3 Å². The lowest BCUT2D eigenvalue weighted by molar-refractivity contribution is 0.0395. The number of aromatic amines is 1. The highest BCUT2D eigenvalue weighted by molar-refractivity contribution is 7.90. The minimum Gasteiger partial charge on any atom is -0.489 e. The first-order valence-corrected chi connectivity index (χ1v) is 23.2. The minimum atomic E-state index is -4.44. The van der Waals surface area contributed by atoms with Gasteiger partial charge in [-0.3, -0.25) is 14.8 Å². The number of piperazine rings is 1. The smallest absolute Gasteiger partial charge is 0.268 e. The molecule has 1 amide bonds. The van der Waals surface area contributed by atoms with Crippen LogP contribution < -0.4 is 19.1 Å². The fraction of sp³-hybridized carbons (Fsp3) is 0.383. The number of carbonyl (C=O) groups excluding carboxylic acids is 1. The molecule has 1 aromatic heterocycles. The maximum absolute atomic E-state index is 15.4. The third-order valence-electron chi connectivity index (χ3n) is 12.4. The van der Waals surface area contributed by atoms with Crippen LogP contribution in [0.4, 0.5) is 10.1 Å². The van der Waals surface area contributed by atoms with Crippen molar-refractivity contribution >= 4 is 61.3 Å². The average Bonchev–Trinajstić information content (AvgIpc) is 3.75. The van der Waals surface area contributed by atoms with Crippen LogP contribution >= 0.6 is 23.2 Å². The number of carbonyl (C=O) groups is 1. The molecule has 1 saturated heterocycles. The number of halogens is 3. The molecule has 1 aliphatic heterocycles. The Balaban J connectivity index is 0.983. The molecular weight excluding hydrogens is 851 g/mol. The summed E-state index contributed by atoms with van der Waals surface area (Å²) in [5, 5.41) is 17.6. The van der Waals surface area contributed by atoms with E-state index in [1.165, 1.54) is 28.8 Å². The number of nitriles is 1. The number of alkyl halides is 1. The molecule has 0 unspecified atom stereocenters. The number of hydrogen-bond donors (Lipinski definition) is 2. The van der Waals surface area contributed by atoms with Gasteiger partial charge in [0, 0.05) is 55.4 Å². The second-order valence-electron chi connectivity index (χ2n) is 17.4. The van der Waals surface area contributed by atoms with Gasteiger partial charge in [0.25, 0.3) is 15.9 Å². The predicted molar refractivity (Wildman–Crippen MR) is 240 cm³/mol. The Kier molecular flexibility index (Phi) is 12.6. The van der Waals surface area contributed by atoms with Crippen LogP contribution in [-0.2, 0) is 10.0 Å². The molecule has 324 valence electrons. The molecule has 0 radical (unpaired) electrons. The molecule has 62 heavy (non-hydrogen) atoms. The van der Waals surface area contributed by atoms with Crippen molar-refractivity contribution in [2.45, 2.75) is 69.4 Å². The van der Waals surface area contributed by atoms with Crippen molar-refractivity contribution in [2.75, 3.05) is 44.2 Å². The van der Waals surface area contributed by atoms with Gasteiger partial charge in [-0.1, -0.05) is 60.8 Å². The van der Waals surface area contributed by atoms with E-state index in [1.807, 2.05) is 18.2 Å². The number of sulfonamides is 1. The Morgan fingerprint density at radius 1 is 0.968 bits per heavy atom. The normalized spacial score (nSPS) is 20.8. The second kappa shape index (κ2) is 17.9. The first-order chi connectivity index (χ1) is 29.7. The van der Waals surface area contributed by atoms with Gasteiger partial charge in [-0.25, -0.2) is 17.5 Å². The fourth-order valence-electron chi connectivity index (χ4n) is 8.64. The number of ether oxygens (including phenoxy) is 2. The molecule has 0 bridgehead atoms. The Morgan fingerprint density at radius 2 is 1.73 bits per heavy atom. The van der Waals surface area contributed by atoms with Crippen molar-refractivity contribution in [1.29, 1.82) is 5.26 Å². The van der Waals surface area contributed by atoms with Gasteiger partial charge in [-0.05, 0) is 116 Å². The van der Waals surface area contributed by atoms with Crippen molar-refractivity contribution in [3.05, 3.63) is 112 Å². The number of hydrogen-bond acceptors (Lipinski definition) is 9. The number of aromatic nitrogens is 2. The van der Waals surface area contributed by atoms with Gasteiger partial charge in [-0.2, -0.15) is 10.4 Å². The number of allylic oxidation sites excluding steroid dienone is 1. The highest BCUT2D eigenvalue weighted by atomic mass is 35.5. The number of rotatable bonds is 12. The van der Waals surface area contributed by atoms with E-state index in [0.29, 0.717) is 24.0 Å². The summed E-state index contributed by atoms with van der Waals surface area (Å²) in [5.74, 6) is -0.366. The molecule has 3 aliphatic rings. The highest BCUT2D eigenvalue weighted by Crippen LogP contribution is 2.44. The molecule has 15 heteroatoms. The third kappa shape index (κ3) is 9.89. The Hall–Kier alpha value is -5.13. The van der Waals surface area contributed by atoms with Crippen molar-refractivity contribution < 1.29 is 27.1 Å². The van der Waals surface area contributed by atoms with Crippen molar-refractivity contribution in [3.63, 3.8) is 0 Å². The van der Waals surface area contributed by atoms with Crippen LogP contribution in [0.15, 0.2) is 95.5 Å². The van der Waals surface area contributed by atoms with Gasteiger partial charge in [0.2, 0.25) is 0 Å². The summed E-state index contributed by atoms with van der Waals surface area (Å²) in [6, 6.07) is 24.7. The molecule has 2 fully saturated rings. The molecule has 8 rings (SSSR count). The van der Waals surface area contributed by atoms with Crippen LogP contribution in [0.5, 0.6) is 17.2 Å². The third-order valence-corrected chi connectivity index (χ3v) is 14.3. The van der Waals surface area contributed by atoms with Crippen molar-refractivity contribution in [1.82, 2.24) is 19.8 Å². The average molecular weight is 900 g/mol. The summed E-state index contributed by atoms with van der Waals surface area (Å²) in [4.78, 5) is 18.4. The molecule has 1 saturated carbocycles. The van der Waals surface area contributed by atoms with Crippen LogP contribution in [0, 0.1) is 22.7 Å². The summed E-state index contributed by atoms with van der Waals surface area (Å²) in [7, 11) is -4.44. The summed E-state index contributed by atoms with van der Waals surface area (Å²) in [6.07, 6.45) is 6.09. The van der Waals surface area contributed by atoms with Crippen LogP contribution in [-0.4, -0.2) is 74.4 Å². The second-order valence-corrected chi connectivity index (χ2v) is 20.0. The molecule has 0 atom stereocenters. The zero-order valence-electron chi connectivity index (χ0n) is 34.7. The van der Waals surface area contributed by atoms with E-state index in [0.717, 1.165) is 74.3 Å².